The molecule has 1 aliphatic heterocycles. The Morgan fingerprint density at radius 1 is 1.45 bits per heavy atom. The highest BCUT2D eigenvalue weighted by Crippen LogP contribution is 2.26. The fourth-order valence-corrected chi connectivity index (χ4v) is 3.32. The zero-order valence-corrected chi connectivity index (χ0v) is 12.5. The number of pyridine rings is 1. The minimum Gasteiger partial charge on any atom is -0.355 e. The lowest BCUT2D eigenvalue weighted by Crippen LogP contribution is -2.38. The van der Waals surface area contributed by atoms with E-state index in [2.05, 4.69) is 10.3 Å². The maximum Gasteiger partial charge on any atom is 0.252 e. The quantitative estimate of drug-likeness (QED) is 0.885. The highest BCUT2D eigenvalue weighted by molar-refractivity contribution is 7.88. The maximum absolute atomic E-state index is 11.6. The lowest BCUT2D eigenvalue weighted by atomic mass is 9.95. The number of hydrogen-bond acceptors (Lipinski definition) is 4. The molecule has 2 rings (SSSR count). The number of nitrogens with one attached hydrogen (secondary N) is 1. The van der Waals surface area contributed by atoms with Gasteiger partial charge in [0.2, 0.25) is 10.0 Å². The molecule has 0 aromatic carbocycles. The molecule has 0 spiro atoms. The van der Waals surface area contributed by atoms with E-state index < -0.39 is 10.0 Å². The van der Waals surface area contributed by atoms with E-state index in [0.717, 1.165) is 18.5 Å². The maximum atomic E-state index is 11.6. The van der Waals surface area contributed by atoms with Crippen molar-refractivity contribution in [3.63, 3.8) is 0 Å². The molecule has 2 heterocycles. The first-order valence-corrected chi connectivity index (χ1v) is 8.40. The molecule has 1 unspecified atom stereocenters. The van der Waals surface area contributed by atoms with Gasteiger partial charge in [-0.25, -0.2) is 12.7 Å². The molecule has 1 N–H and O–H groups in total. The zero-order chi connectivity index (χ0) is 14.8. The summed E-state index contributed by atoms with van der Waals surface area (Å²) in [6.07, 6.45) is 4.51. The van der Waals surface area contributed by atoms with Crippen LogP contribution in [0, 0.1) is 0 Å². The zero-order valence-electron chi connectivity index (χ0n) is 11.7. The number of sulfonamides is 1. The van der Waals surface area contributed by atoms with Crippen LogP contribution in [0.3, 0.4) is 0 Å². The third-order valence-corrected chi connectivity index (χ3v) is 4.82. The Morgan fingerprint density at radius 2 is 2.20 bits per heavy atom. The van der Waals surface area contributed by atoms with Gasteiger partial charge in [-0.1, -0.05) is 0 Å². The van der Waals surface area contributed by atoms with Gasteiger partial charge in [0.1, 0.15) is 0 Å². The number of rotatable bonds is 3. The fraction of sp³-hybridized carbons (Fsp3) is 0.538. The van der Waals surface area contributed by atoms with Crippen LogP contribution in [0.25, 0.3) is 0 Å². The number of piperidine rings is 1. The van der Waals surface area contributed by atoms with E-state index >= 15 is 0 Å². The molecule has 1 fully saturated rings. The topological polar surface area (TPSA) is 79.4 Å². The molecule has 20 heavy (non-hydrogen) atoms. The smallest absolute Gasteiger partial charge is 0.252 e. The van der Waals surface area contributed by atoms with Crippen molar-refractivity contribution in [2.45, 2.75) is 18.8 Å². The van der Waals surface area contributed by atoms with Crippen LogP contribution in [-0.2, 0) is 10.0 Å². The summed E-state index contributed by atoms with van der Waals surface area (Å²) in [4.78, 5) is 15.8. The number of hydrogen-bond donors (Lipinski definition) is 1. The highest BCUT2D eigenvalue weighted by atomic mass is 32.2. The number of carbonyl (C=O) groups excluding carboxylic acids is 1. The molecule has 1 amide bonds. The standard InChI is InChI=1S/C13H19N3O3S/c1-14-13(17)10-5-6-12(15-8-10)11-4-3-7-16(9-11)20(2,18)19/h5-6,8,11H,3-4,7,9H2,1-2H3,(H,14,17). The van der Waals surface area contributed by atoms with Gasteiger partial charge in [0.05, 0.1) is 11.8 Å². The molecule has 0 saturated carbocycles. The number of aromatic nitrogens is 1. The normalized spacial score (nSPS) is 20.6. The second-order valence-electron chi connectivity index (χ2n) is 5.01. The molecule has 0 aliphatic carbocycles. The van der Waals surface area contributed by atoms with Crippen molar-refractivity contribution in [2.75, 3.05) is 26.4 Å². The number of amides is 1. The van der Waals surface area contributed by atoms with E-state index in [9.17, 15) is 13.2 Å². The number of carbonyl (C=O) groups is 1. The third-order valence-electron chi connectivity index (χ3n) is 3.55. The van der Waals surface area contributed by atoms with Gasteiger partial charge < -0.3 is 5.32 Å². The largest absolute Gasteiger partial charge is 0.355 e. The summed E-state index contributed by atoms with van der Waals surface area (Å²) in [6, 6.07) is 3.53. The summed E-state index contributed by atoms with van der Waals surface area (Å²) in [5, 5.41) is 2.54. The first kappa shape index (κ1) is 14.9. The van der Waals surface area contributed by atoms with E-state index in [4.69, 9.17) is 0 Å². The summed E-state index contributed by atoms with van der Waals surface area (Å²) >= 11 is 0. The van der Waals surface area contributed by atoms with Gasteiger partial charge in [-0.3, -0.25) is 9.78 Å². The van der Waals surface area contributed by atoms with Gasteiger partial charge >= 0.3 is 0 Å². The van der Waals surface area contributed by atoms with Gasteiger partial charge in [0, 0.05) is 37.9 Å². The molecule has 7 heteroatoms. The van der Waals surface area contributed by atoms with Crippen molar-refractivity contribution in [1.82, 2.24) is 14.6 Å². The molecular weight excluding hydrogens is 278 g/mol. The lowest BCUT2D eigenvalue weighted by Gasteiger charge is -2.30. The van der Waals surface area contributed by atoms with E-state index in [0.29, 0.717) is 18.7 Å². The van der Waals surface area contributed by atoms with Gasteiger partial charge in [0.15, 0.2) is 0 Å². The molecule has 1 aromatic heterocycles. The summed E-state index contributed by atoms with van der Waals surface area (Å²) < 4.78 is 24.7. The Kier molecular flexibility index (Phi) is 4.39. The van der Waals surface area contributed by atoms with Gasteiger partial charge in [-0.2, -0.15) is 0 Å². The average molecular weight is 297 g/mol. The summed E-state index contributed by atoms with van der Waals surface area (Å²) in [7, 11) is -1.58. The summed E-state index contributed by atoms with van der Waals surface area (Å²) in [6.45, 7) is 1.04. The second kappa shape index (κ2) is 5.88. The molecule has 1 aliphatic rings. The predicted octanol–water partition coefficient (Wildman–Crippen LogP) is 0.580. The molecule has 1 atom stereocenters. The average Bonchev–Trinajstić information content (AvgIpc) is 2.46. The molecular formula is C13H19N3O3S. The number of nitrogens with zero attached hydrogens (tertiary/aromatic N) is 2. The van der Waals surface area contributed by atoms with Crippen LogP contribution >= 0.6 is 0 Å². The minimum atomic E-state index is -3.15. The molecule has 0 radical (unpaired) electrons. The lowest BCUT2D eigenvalue weighted by molar-refractivity contribution is 0.0962. The van der Waals surface area contributed by atoms with Gasteiger partial charge in [-0.15, -0.1) is 0 Å². The van der Waals surface area contributed by atoms with Crippen molar-refractivity contribution in [3.05, 3.63) is 29.6 Å². The van der Waals surface area contributed by atoms with Crippen LogP contribution in [-0.4, -0.2) is 50.0 Å². The van der Waals surface area contributed by atoms with Crippen molar-refractivity contribution in [3.8, 4) is 0 Å². The van der Waals surface area contributed by atoms with Crippen LogP contribution in [0.4, 0.5) is 0 Å². The Hall–Kier alpha value is -1.47. The minimum absolute atomic E-state index is 0.0946. The second-order valence-corrected chi connectivity index (χ2v) is 6.99. The predicted molar refractivity (Wildman–Crippen MR) is 76.0 cm³/mol. The molecule has 1 aromatic rings. The van der Waals surface area contributed by atoms with Crippen LogP contribution in [0.1, 0.15) is 34.8 Å². The Labute approximate surface area is 119 Å². The van der Waals surface area contributed by atoms with Crippen LogP contribution in [0.15, 0.2) is 18.3 Å². The van der Waals surface area contributed by atoms with E-state index in [1.165, 1.54) is 16.8 Å². The Morgan fingerprint density at radius 3 is 2.75 bits per heavy atom. The summed E-state index contributed by atoms with van der Waals surface area (Å²) in [5.41, 5.74) is 1.35. The summed E-state index contributed by atoms with van der Waals surface area (Å²) in [5.74, 6) is -0.0809. The van der Waals surface area contributed by atoms with Crippen molar-refractivity contribution < 1.29 is 13.2 Å². The first-order valence-electron chi connectivity index (χ1n) is 6.55. The van der Waals surface area contributed by atoms with Crippen molar-refractivity contribution in [1.29, 1.82) is 0 Å². The fourth-order valence-electron chi connectivity index (χ4n) is 2.41. The molecule has 1 saturated heterocycles. The molecule has 0 bridgehead atoms. The van der Waals surface area contributed by atoms with Gasteiger partial charge in [0.25, 0.3) is 5.91 Å². The van der Waals surface area contributed by atoms with Crippen molar-refractivity contribution >= 4 is 15.9 Å². The van der Waals surface area contributed by atoms with E-state index in [1.807, 2.05) is 0 Å². The van der Waals surface area contributed by atoms with Crippen LogP contribution in [0.2, 0.25) is 0 Å². The molecule has 6 nitrogen and oxygen atoms in total. The third kappa shape index (κ3) is 3.34. The Balaban J connectivity index is 2.13. The SMILES string of the molecule is CNC(=O)c1ccc(C2CCCN(S(C)(=O)=O)C2)nc1. The van der Waals surface area contributed by atoms with Crippen LogP contribution in [0.5, 0.6) is 0 Å². The monoisotopic (exact) mass is 297 g/mol. The first-order chi connectivity index (χ1) is 9.41. The van der Waals surface area contributed by atoms with E-state index in [1.54, 1.807) is 19.2 Å². The van der Waals surface area contributed by atoms with E-state index in [-0.39, 0.29) is 11.8 Å². The molecule has 110 valence electrons. The Bertz CT molecular complexity index is 583. The van der Waals surface area contributed by atoms with Crippen LogP contribution < -0.4 is 5.32 Å². The highest BCUT2D eigenvalue weighted by Gasteiger charge is 2.27. The van der Waals surface area contributed by atoms with Gasteiger partial charge in [-0.05, 0) is 25.0 Å². The van der Waals surface area contributed by atoms with Crippen molar-refractivity contribution in [2.24, 2.45) is 0 Å².